The van der Waals surface area contributed by atoms with Gasteiger partial charge in [0, 0.05) is 11.8 Å². The van der Waals surface area contributed by atoms with Gasteiger partial charge in [-0.2, -0.15) is 13.2 Å². The molecule has 0 spiro atoms. The van der Waals surface area contributed by atoms with Crippen molar-refractivity contribution in [3.8, 4) is 0 Å². The van der Waals surface area contributed by atoms with Gasteiger partial charge in [-0.05, 0) is 32.9 Å². The SMILES string of the molecule is CN1CCCC[C@H]1CCSc1nncn1CC(F)(F)F. The van der Waals surface area contributed by atoms with Crippen LogP contribution < -0.4 is 0 Å². The lowest BCUT2D eigenvalue weighted by Crippen LogP contribution is -2.36. The lowest BCUT2D eigenvalue weighted by Gasteiger charge is -2.32. The van der Waals surface area contributed by atoms with Crippen LogP contribution in [0.5, 0.6) is 0 Å². The molecule has 0 radical (unpaired) electrons. The lowest BCUT2D eigenvalue weighted by atomic mass is 10.0. The molecule has 0 unspecified atom stereocenters. The van der Waals surface area contributed by atoms with Gasteiger partial charge in [0.15, 0.2) is 5.16 Å². The number of thioether (sulfide) groups is 1. The first-order valence-corrected chi connectivity index (χ1v) is 7.72. The minimum atomic E-state index is -4.23. The van der Waals surface area contributed by atoms with E-state index in [2.05, 4.69) is 22.1 Å². The Morgan fingerprint density at radius 2 is 2.20 bits per heavy atom. The molecule has 2 heterocycles. The summed E-state index contributed by atoms with van der Waals surface area (Å²) in [6.07, 6.45) is 1.53. The molecule has 0 N–H and O–H groups in total. The van der Waals surface area contributed by atoms with E-state index < -0.39 is 12.7 Å². The summed E-state index contributed by atoms with van der Waals surface area (Å²) in [5.74, 6) is 0.769. The molecule has 0 saturated carbocycles. The van der Waals surface area contributed by atoms with Crippen molar-refractivity contribution in [3.05, 3.63) is 6.33 Å². The van der Waals surface area contributed by atoms with E-state index in [1.54, 1.807) is 0 Å². The van der Waals surface area contributed by atoms with Crippen LogP contribution >= 0.6 is 11.8 Å². The van der Waals surface area contributed by atoms with E-state index in [1.165, 1.54) is 31.0 Å². The lowest BCUT2D eigenvalue weighted by molar-refractivity contribution is -0.142. The standard InChI is InChI=1S/C12H19F3N4S/c1-18-6-3-2-4-10(18)5-7-20-11-17-16-9-19(11)8-12(13,14)15/h9-10H,2-8H2,1H3/t10-/m0/s1. The molecule has 0 aliphatic carbocycles. The summed E-state index contributed by atoms with van der Waals surface area (Å²) < 4.78 is 38.2. The number of piperidine rings is 1. The van der Waals surface area contributed by atoms with Gasteiger partial charge in [0.05, 0.1) is 0 Å². The average molecular weight is 308 g/mol. The number of hydrogen-bond acceptors (Lipinski definition) is 4. The van der Waals surface area contributed by atoms with E-state index in [0.717, 1.165) is 29.6 Å². The maximum absolute atomic E-state index is 12.4. The first-order valence-electron chi connectivity index (χ1n) is 6.73. The molecule has 2 rings (SSSR count). The molecule has 0 aromatic carbocycles. The minimum Gasteiger partial charge on any atom is -0.303 e. The van der Waals surface area contributed by atoms with E-state index in [1.807, 2.05) is 0 Å². The van der Waals surface area contributed by atoms with Gasteiger partial charge in [-0.15, -0.1) is 10.2 Å². The van der Waals surface area contributed by atoms with E-state index in [4.69, 9.17) is 0 Å². The smallest absolute Gasteiger partial charge is 0.303 e. The highest BCUT2D eigenvalue weighted by atomic mass is 32.2. The molecule has 1 aliphatic heterocycles. The van der Waals surface area contributed by atoms with Crippen LogP contribution in [0.15, 0.2) is 11.5 Å². The third kappa shape index (κ3) is 4.66. The summed E-state index contributed by atoms with van der Waals surface area (Å²) in [4.78, 5) is 2.34. The summed E-state index contributed by atoms with van der Waals surface area (Å²) >= 11 is 1.35. The normalized spacial score (nSPS) is 21.3. The Bertz CT molecular complexity index is 421. The summed E-state index contributed by atoms with van der Waals surface area (Å²) in [5.41, 5.74) is 0. The molecule has 1 aromatic heterocycles. The third-order valence-electron chi connectivity index (χ3n) is 3.53. The van der Waals surface area contributed by atoms with Crippen LogP contribution in [0.1, 0.15) is 25.7 Å². The Hall–Kier alpha value is -0.760. The number of nitrogens with zero attached hydrogens (tertiary/aromatic N) is 4. The fourth-order valence-corrected chi connectivity index (χ4v) is 3.41. The second-order valence-corrected chi connectivity index (χ2v) is 6.19. The predicted molar refractivity (Wildman–Crippen MR) is 71.7 cm³/mol. The fourth-order valence-electron chi connectivity index (χ4n) is 2.45. The molecule has 1 fully saturated rings. The molecule has 8 heteroatoms. The van der Waals surface area contributed by atoms with Crippen LogP contribution in [0.3, 0.4) is 0 Å². The van der Waals surface area contributed by atoms with Crippen LogP contribution in [-0.2, 0) is 6.54 Å². The molecule has 0 amide bonds. The summed E-state index contributed by atoms with van der Waals surface area (Å²) in [6.45, 7) is 0.0885. The highest BCUT2D eigenvalue weighted by molar-refractivity contribution is 7.99. The molecule has 1 aliphatic rings. The van der Waals surface area contributed by atoms with Crippen molar-refractivity contribution in [3.63, 3.8) is 0 Å². The van der Waals surface area contributed by atoms with Crippen molar-refractivity contribution >= 4 is 11.8 Å². The Labute approximate surface area is 120 Å². The van der Waals surface area contributed by atoms with Gasteiger partial charge in [0.2, 0.25) is 0 Å². The summed E-state index contributed by atoms with van der Waals surface area (Å²) in [7, 11) is 2.11. The van der Waals surface area contributed by atoms with E-state index >= 15 is 0 Å². The van der Waals surface area contributed by atoms with Crippen LogP contribution in [-0.4, -0.2) is 51.2 Å². The van der Waals surface area contributed by atoms with Crippen molar-refractivity contribution in [2.24, 2.45) is 0 Å². The number of alkyl halides is 3. The highest BCUT2D eigenvalue weighted by Crippen LogP contribution is 2.25. The molecular formula is C12H19F3N4S. The summed E-state index contributed by atoms with van der Waals surface area (Å²) in [6, 6.07) is 0.537. The van der Waals surface area contributed by atoms with Crippen molar-refractivity contribution in [2.75, 3.05) is 19.3 Å². The highest BCUT2D eigenvalue weighted by Gasteiger charge is 2.29. The van der Waals surface area contributed by atoms with E-state index in [9.17, 15) is 13.2 Å². The molecular weight excluding hydrogens is 289 g/mol. The van der Waals surface area contributed by atoms with Crippen LogP contribution in [0.25, 0.3) is 0 Å². The fraction of sp³-hybridized carbons (Fsp3) is 0.833. The molecule has 1 saturated heterocycles. The Balaban J connectivity index is 1.81. The maximum atomic E-state index is 12.4. The topological polar surface area (TPSA) is 34.0 Å². The minimum absolute atomic E-state index is 0.348. The van der Waals surface area contributed by atoms with Crippen molar-refractivity contribution in [1.82, 2.24) is 19.7 Å². The number of hydrogen-bond donors (Lipinski definition) is 0. The van der Waals surface area contributed by atoms with Gasteiger partial charge in [-0.3, -0.25) is 4.57 Å². The van der Waals surface area contributed by atoms with Crippen molar-refractivity contribution in [2.45, 2.75) is 49.6 Å². The van der Waals surface area contributed by atoms with Gasteiger partial charge in [0.1, 0.15) is 12.9 Å². The van der Waals surface area contributed by atoms with Crippen molar-refractivity contribution < 1.29 is 13.2 Å². The molecule has 1 atom stereocenters. The second kappa shape index (κ2) is 6.80. The maximum Gasteiger partial charge on any atom is 0.406 e. The van der Waals surface area contributed by atoms with Gasteiger partial charge in [-0.25, -0.2) is 0 Å². The third-order valence-corrected chi connectivity index (χ3v) is 4.55. The first-order chi connectivity index (χ1) is 9.46. The zero-order valence-electron chi connectivity index (χ0n) is 11.4. The van der Waals surface area contributed by atoms with Crippen molar-refractivity contribution in [1.29, 1.82) is 0 Å². The largest absolute Gasteiger partial charge is 0.406 e. The number of halogens is 3. The zero-order valence-corrected chi connectivity index (χ0v) is 12.3. The Kier molecular flexibility index (Phi) is 5.31. The zero-order chi connectivity index (χ0) is 14.6. The second-order valence-electron chi connectivity index (χ2n) is 5.12. The summed E-state index contributed by atoms with van der Waals surface area (Å²) in [5, 5.41) is 7.68. The molecule has 4 nitrogen and oxygen atoms in total. The van der Waals surface area contributed by atoms with Gasteiger partial charge in [0.25, 0.3) is 0 Å². The van der Waals surface area contributed by atoms with Crippen LogP contribution in [0.4, 0.5) is 13.2 Å². The van der Waals surface area contributed by atoms with E-state index in [0.29, 0.717) is 11.2 Å². The Morgan fingerprint density at radius 3 is 2.90 bits per heavy atom. The van der Waals surface area contributed by atoms with Gasteiger partial charge < -0.3 is 4.90 Å². The molecule has 114 valence electrons. The van der Waals surface area contributed by atoms with Gasteiger partial charge >= 0.3 is 6.18 Å². The Morgan fingerprint density at radius 1 is 1.40 bits per heavy atom. The quantitative estimate of drug-likeness (QED) is 0.783. The number of rotatable bonds is 5. The van der Waals surface area contributed by atoms with Crippen LogP contribution in [0.2, 0.25) is 0 Å². The molecule has 20 heavy (non-hydrogen) atoms. The average Bonchev–Trinajstić information content (AvgIpc) is 2.77. The predicted octanol–water partition coefficient (Wildman–Crippen LogP) is 2.81. The number of aromatic nitrogens is 3. The van der Waals surface area contributed by atoms with E-state index in [-0.39, 0.29) is 0 Å². The monoisotopic (exact) mass is 308 g/mol. The molecule has 0 bridgehead atoms. The molecule has 1 aromatic rings. The number of likely N-dealkylation sites (tertiary alicyclic amines) is 1. The first kappa shape index (κ1) is 15.6. The van der Waals surface area contributed by atoms with Gasteiger partial charge in [-0.1, -0.05) is 18.2 Å². The van der Waals surface area contributed by atoms with Crippen LogP contribution in [0, 0.1) is 0 Å².